The standard InChI is InChI=1S/C20H24O5/c1-13(2)7-5-8-14(3)11-12-24-16-10-6-9-15-18(16)25-20(22)17(21)19(15)23-4/h6-7,9-11,21H,5,8,12H2,1-4H3. The molecule has 5 nitrogen and oxygen atoms in total. The third kappa shape index (κ3) is 4.66. The molecule has 134 valence electrons. The Bertz CT molecular complexity index is 854. The zero-order valence-electron chi connectivity index (χ0n) is 15.1. The van der Waals surface area contributed by atoms with Gasteiger partial charge in [0.15, 0.2) is 17.1 Å². The van der Waals surface area contributed by atoms with Crippen LogP contribution in [0.25, 0.3) is 11.0 Å². The van der Waals surface area contributed by atoms with Crippen molar-refractivity contribution in [3.05, 3.63) is 51.9 Å². The Morgan fingerprint density at radius 3 is 2.68 bits per heavy atom. The van der Waals surface area contributed by atoms with E-state index in [9.17, 15) is 9.90 Å². The number of fused-ring (bicyclic) bond motifs is 1. The number of rotatable bonds is 7. The summed E-state index contributed by atoms with van der Waals surface area (Å²) in [6.07, 6.45) is 6.19. The number of ether oxygens (including phenoxy) is 2. The van der Waals surface area contributed by atoms with Crippen molar-refractivity contribution in [2.45, 2.75) is 33.6 Å². The van der Waals surface area contributed by atoms with Crippen molar-refractivity contribution in [3.8, 4) is 17.2 Å². The fraction of sp³-hybridized carbons (Fsp3) is 0.350. The fourth-order valence-corrected chi connectivity index (χ4v) is 2.45. The van der Waals surface area contributed by atoms with E-state index in [1.165, 1.54) is 18.3 Å². The molecular weight excluding hydrogens is 320 g/mol. The second-order valence-electron chi connectivity index (χ2n) is 6.09. The molecule has 0 fully saturated rings. The number of methoxy groups -OCH3 is 1. The first-order valence-electron chi connectivity index (χ1n) is 8.18. The molecule has 1 aromatic carbocycles. The van der Waals surface area contributed by atoms with E-state index in [1.54, 1.807) is 18.2 Å². The first-order chi connectivity index (χ1) is 11.9. The molecule has 0 saturated carbocycles. The van der Waals surface area contributed by atoms with Crippen molar-refractivity contribution < 1.29 is 19.0 Å². The average molecular weight is 344 g/mol. The molecule has 1 aromatic heterocycles. The number of hydrogen-bond acceptors (Lipinski definition) is 5. The van der Waals surface area contributed by atoms with Crippen LogP contribution in [0.4, 0.5) is 0 Å². The molecule has 1 N–H and O–H groups in total. The number of aromatic hydroxyl groups is 1. The summed E-state index contributed by atoms with van der Waals surface area (Å²) >= 11 is 0. The van der Waals surface area contributed by atoms with Gasteiger partial charge in [-0.25, -0.2) is 4.79 Å². The van der Waals surface area contributed by atoms with Crippen LogP contribution in [0.5, 0.6) is 17.2 Å². The minimum atomic E-state index is -0.853. The molecule has 1 heterocycles. The predicted molar refractivity (Wildman–Crippen MR) is 98.6 cm³/mol. The maximum atomic E-state index is 11.8. The summed E-state index contributed by atoms with van der Waals surface area (Å²) in [5.41, 5.74) is 1.95. The van der Waals surface area contributed by atoms with E-state index in [1.807, 2.05) is 6.08 Å². The zero-order valence-corrected chi connectivity index (χ0v) is 15.1. The van der Waals surface area contributed by atoms with Crippen molar-refractivity contribution in [1.82, 2.24) is 0 Å². The lowest BCUT2D eigenvalue weighted by Crippen LogP contribution is -2.03. The number of para-hydroxylation sites is 1. The third-order valence-corrected chi connectivity index (χ3v) is 3.79. The number of allylic oxidation sites excluding steroid dienone is 3. The van der Waals surface area contributed by atoms with E-state index in [2.05, 4.69) is 26.8 Å². The summed E-state index contributed by atoms with van der Waals surface area (Å²) in [5, 5.41) is 10.3. The quantitative estimate of drug-likeness (QED) is 0.588. The van der Waals surface area contributed by atoms with Gasteiger partial charge in [0.2, 0.25) is 5.75 Å². The van der Waals surface area contributed by atoms with E-state index < -0.39 is 11.4 Å². The van der Waals surface area contributed by atoms with Gasteiger partial charge in [0, 0.05) is 0 Å². The molecular formula is C20H24O5. The van der Waals surface area contributed by atoms with Gasteiger partial charge in [0.05, 0.1) is 12.5 Å². The van der Waals surface area contributed by atoms with Gasteiger partial charge in [-0.1, -0.05) is 23.3 Å². The highest BCUT2D eigenvalue weighted by Crippen LogP contribution is 2.35. The van der Waals surface area contributed by atoms with Gasteiger partial charge in [0.1, 0.15) is 6.61 Å². The predicted octanol–water partition coefficient (Wildman–Crippen LogP) is 4.58. The molecule has 0 aliphatic heterocycles. The molecule has 0 aliphatic carbocycles. The largest absolute Gasteiger partial charge is 0.499 e. The van der Waals surface area contributed by atoms with Crippen molar-refractivity contribution in [1.29, 1.82) is 0 Å². The number of benzene rings is 1. The Labute approximate surface area is 147 Å². The first-order valence-corrected chi connectivity index (χ1v) is 8.18. The lowest BCUT2D eigenvalue weighted by atomic mass is 10.1. The van der Waals surface area contributed by atoms with Crippen LogP contribution in [0.1, 0.15) is 33.6 Å². The molecule has 0 unspecified atom stereocenters. The maximum absolute atomic E-state index is 11.8. The van der Waals surface area contributed by atoms with E-state index >= 15 is 0 Å². The Hall–Kier alpha value is -2.69. The van der Waals surface area contributed by atoms with E-state index in [4.69, 9.17) is 13.9 Å². The average Bonchev–Trinajstić information content (AvgIpc) is 2.56. The third-order valence-electron chi connectivity index (χ3n) is 3.79. The highest BCUT2D eigenvalue weighted by molar-refractivity contribution is 5.89. The van der Waals surface area contributed by atoms with Gasteiger partial charge >= 0.3 is 5.63 Å². The molecule has 2 rings (SSSR count). The van der Waals surface area contributed by atoms with Crippen LogP contribution >= 0.6 is 0 Å². The van der Waals surface area contributed by atoms with Crippen molar-refractivity contribution in [2.75, 3.05) is 13.7 Å². The first kappa shape index (κ1) is 18.6. The Balaban J connectivity index is 2.18. The Kier molecular flexibility index (Phi) is 6.28. The van der Waals surface area contributed by atoms with Gasteiger partial charge in [-0.3, -0.25) is 0 Å². The normalized spacial score (nSPS) is 11.4. The van der Waals surface area contributed by atoms with Crippen LogP contribution in [-0.2, 0) is 0 Å². The smallest absolute Gasteiger partial charge is 0.382 e. The van der Waals surface area contributed by atoms with Crippen LogP contribution < -0.4 is 15.1 Å². The molecule has 0 radical (unpaired) electrons. The maximum Gasteiger partial charge on any atom is 0.382 e. The van der Waals surface area contributed by atoms with Crippen molar-refractivity contribution in [2.24, 2.45) is 0 Å². The van der Waals surface area contributed by atoms with E-state index in [-0.39, 0.29) is 11.3 Å². The Morgan fingerprint density at radius 2 is 2.00 bits per heavy atom. The van der Waals surface area contributed by atoms with Crippen LogP contribution in [0, 0.1) is 0 Å². The summed E-state index contributed by atoms with van der Waals surface area (Å²) in [7, 11) is 1.39. The van der Waals surface area contributed by atoms with Gasteiger partial charge in [0.25, 0.3) is 0 Å². The Morgan fingerprint density at radius 1 is 1.24 bits per heavy atom. The molecule has 5 heteroatoms. The molecule has 25 heavy (non-hydrogen) atoms. The summed E-state index contributed by atoms with van der Waals surface area (Å²) in [6.45, 7) is 6.60. The van der Waals surface area contributed by atoms with Crippen LogP contribution in [0.3, 0.4) is 0 Å². The van der Waals surface area contributed by atoms with Gasteiger partial charge < -0.3 is 19.0 Å². The summed E-state index contributed by atoms with van der Waals surface area (Å²) in [6, 6.07) is 5.17. The minimum Gasteiger partial charge on any atom is -0.499 e. The molecule has 0 bridgehead atoms. The molecule has 0 atom stereocenters. The zero-order chi connectivity index (χ0) is 18.4. The molecule has 0 amide bonds. The summed E-state index contributed by atoms with van der Waals surface area (Å²) in [4.78, 5) is 11.8. The molecule has 2 aromatic rings. The lowest BCUT2D eigenvalue weighted by Gasteiger charge is -2.10. The van der Waals surface area contributed by atoms with E-state index in [0.717, 1.165) is 12.8 Å². The second kappa shape index (κ2) is 8.42. The highest BCUT2D eigenvalue weighted by Gasteiger charge is 2.17. The van der Waals surface area contributed by atoms with Crippen LogP contribution in [0.15, 0.2) is 50.7 Å². The fourth-order valence-electron chi connectivity index (χ4n) is 2.45. The van der Waals surface area contributed by atoms with Crippen molar-refractivity contribution in [3.63, 3.8) is 0 Å². The number of hydrogen-bond donors (Lipinski definition) is 1. The second-order valence-corrected chi connectivity index (χ2v) is 6.09. The molecule has 0 spiro atoms. The van der Waals surface area contributed by atoms with E-state index in [0.29, 0.717) is 17.7 Å². The molecule has 0 saturated heterocycles. The van der Waals surface area contributed by atoms with Crippen LogP contribution in [-0.4, -0.2) is 18.8 Å². The monoisotopic (exact) mass is 344 g/mol. The van der Waals surface area contributed by atoms with Gasteiger partial charge in [-0.05, 0) is 51.8 Å². The van der Waals surface area contributed by atoms with Gasteiger partial charge in [-0.15, -0.1) is 0 Å². The lowest BCUT2D eigenvalue weighted by molar-refractivity contribution is 0.343. The molecule has 0 aliphatic rings. The summed E-state index contributed by atoms with van der Waals surface area (Å²) in [5.74, 6) is -0.0199. The van der Waals surface area contributed by atoms with Crippen LogP contribution in [0.2, 0.25) is 0 Å². The van der Waals surface area contributed by atoms with Gasteiger partial charge in [-0.2, -0.15) is 0 Å². The SMILES string of the molecule is COc1c(O)c(=O)oc2c(OCC=C(C)CCC=C(C)C)cccc12. The van der Waals surface area contributed by atoms with Crippen molar-refractivity contribution >= 4 is 11.0 Å². The highest BCUT2D eigenvalue weighted by atomic mass is 16.5. The topological polar surface area (TPSA) is 68.9 Å². The minimum absolute atomic E-state index is 0.0881. The summed E-state index contributed by atoms with van der Waals surface area (Å²) < 4.78 is 16.0.